The molecule has 0 atom stereocenters. The van der Waals surface area contributed by atoms with Crippen LogP contribution < -0.4 is 16.0 Å². The van der Waals surface area contributed by atoms with Crippen LogP contribution in [-0.4, -0.2) is 30.5 Å². The van der Waals surface area contributed by atoms with E-state index in [-0.39, 0.29) is 18.0 Å². The van der Waals surface area contributed by atoms with Crippen LogP contribution in [-0.2, 0) is 29.3 Å². The third-order valence-electron chi connectivity index (χ3n) is 4.07. The summed E-state index contributed by atoms with van der Waals surface area (Å²) in [6, 6.07) is 18.4. The highest BCUT2D eigenvalue weighted by molar-refractivity contribution is 5.86. The van der Waals surface area contributed by atoms with E-state index in [2.05, 4.69) is 45.2 Å². The number of ether oxygens (including phenoxy) is 1. The molecule has 30 heavy (non-hydrogen) atoms. The number of guanidine groups is 1. The summed E-state index contributed by atoms with van der Waals surface area (Å²) in [5.74, 6) is 0.554. The third kappa shape index (κ3) is 9.56. The van der Waals surface area contributed by atoms with Gasteiger partial charge in [0.05, 0.1) is 26.3 Å². The molecule has 0 heterocycles. The lowest BCUT2D eigenvalue weighted by Crippen LogP contribution is -2.48. The smallest absolute Gasteiger partial charge is 0.239 e. The molecule has 0 unspecified atom stereocenters. The quantitative estimate of drug-likeness (QED) is 0.438. The van der Waals surface area contributed by atoms with Crippen molar-refractivity contribution in [2.75, 3.05) is 13.1 Å². The van der Waals surface area contributed by atoms with Gasteiger partial charge in [0.15, 0.2) is 5.96 Å². The number of amides is 1. The number of benzene rings is 2. The Morgan fingerprint density at radius 2 is 1.60 bits per heavy atom. The first kappa shape index (κ1) is 23.4. The second-order valence-corrected chi connectivity index (χ2v) is 8.15. The van der Waals surface area contributed by atoms with E-state index in [0.29, 0.717) is 25.7 Å². The van der Waals surface area contributed by atoms with Crippen LogP contribution in [0.25, 0.3) is 0 Å². The fraction of sp³-hybridized carbons (Fsp3) is 0.417. The van der Waals surface area contributed by atoms with E-state index in [1.165, 1.54) is 0 Å². The Balaban J connectivity index is 1.87. The Morgan fingerprint density at radius 1 is 0.933 bits per heavy atom. The van der Waals surface area contributed by atoms with Gasteiger partial charge in [0.25, 0.3) is 0 Å². The Kier molecular flexibility index (Phi) is 9.35. The molecular formula is C24H34N4O2. The average molecular weight is 411 g/mol. The number of nitrogens with one attached hydrogen (secondary N) is 3. The van der Waals surface area contributed by atoms with E-state index in [0.717, 1.165) is 23.2 Å². The van der Waals surface area contributed by atoms with Gasteiger partial charge in [-0.15, -0.1) is 0 Å². The Hall–Kier alpha value is -2.86. The van der Waals surface area contributed by atoms with E-state index in [1.807, 2.05) is 58.0 Å². The summed E-state index contributed by atoms with van der Waals surface area (Å²) in [7, 11) is 0. The summed E-state index contributed by atoms with van der Waals surface area (Å²) in [5, 5.41) is 9.19. The molecule has 0 aliphatic heterocycles. The maximum atomic E-state index is 12.0. The van der Waals surface area contributed by atoms with Crippen molar-refractivity contribution in [3.8, 4) is 0 Å². The number of carbonyl (C=O) groups excluding carboxylic acids is 1. The maximum Gasteiger partial charge on any atom is 0.239 e. The molecule has 6 nitrogen and oxygen atoms in total. The molecule has 0 aromatic heterocycles. The Morgan fingerprint density at radius 3 is 2.30 bits per heavy atom. The molecule has 2 rings (SSSR count). The van der Waals surface area contributed by atoms with E-state index in [4.69, 9.17) is 4.74 Å². The lowest BCUT2D eigenvalue weighted by molar-refractivity contribution is -0.121. The normalized spacial score (nSPS) is 11.8. The van der Waals surface area contributed by atoms with Gasteiger partial charge in [-0.2, -0.15) is 0 Å². The SMILES string of the molecule is CCNC(=NCc1cccc(COCc2ccccc2)c1)NCC(=O)NC(C)(C)C. The van der Waals surface area contributed by atoms with Gasteiger partial charge in [0, 0.05) is 12.1 Å². The van der Waals surface area contributed by atoms with Gasteiger partial charge in [-0.3, -0.25) is 4.79 Å². The molecule has 2 aromatic rings. The van der Waals surface area contributed by atoms with Gasteiger partial charge >= 0.3 is 0 Å². The molecule has 0 spiro atoms. The van der Waals surface area contributed by atoms with Crippen molar-refractivity contribution in [2.45, 2.75) is 53.0 Å². The van der Waals surface area contributed by atoms with Crippen LogP contribution in [0, 0.1) is 0 Å². The first-order valence-corrected chi connectivity index (χ1v) is 10.4. The first-order valence-electron chi connectivity index (χ1n) is 10.4. The summed E-state index contributed by atoms with van der Waals surface area (Å²) in [6.45, 7) is 10.4. The summed E-state index contributed by atoms with van der Waals surface area (Å²) in [4.78, 5) is 16.6. The van der Waals surface area contributed by atoms with E-state index in [9.17, 15) is 4.79 Å². The van der Waals surface area contributed by atoms with Crippen molar-refractivity contribution >= 4 is 11.9 Å². The average Bonchev–Trinajstić information content (AvgIpc) is 2.70. The molecule has 0 radical (unpaired) electrons. The molecule has 6 heteroatoms. The molecule has 1 amide bonds. The molecule has 162 valence electrons. The number of hydrogen-bond acceptors (Lipinski definition) is 3. The summed E-state index contributed by atoms with van der Waals surface area (Å²) in [5.41, 5.74) is 3.11. The van der Waals surface area contributed by atoms with Crippen molar-refractivity contribution in [2.24, 2.45) is 4.99 Å². The second-order valence-electron chi connectivity index (χ2n) is 8.15. The summed E-state index contributed by atoms with van der Waals surface area (Å²) in [6.07, 6.45) is 0. The topological polar surface area (TPSA) is 74.8 Å². The van der Waals surface area contributed by atoms with Crippen LogP contribution in [0.4, 0.5) is 0 Å². The minimum Gasteiger partial charge on any atom is -0.372 e. The number of rotatable bonds is 9. The molecule has 0 saturated heterocycles. The third-order valence-corrected chi connectivity index (χ3v) is 4.07. The van der Waals surface area contributed by atoms with Crippen molar-refractivity contribution in [3.63, 3.8) is 0 Å². The van der Waals surface area contributed by atoms with Gasteiger partial charge in [-0.05, 0) is 44.4 Å². The minimum absolute atomic E-state index is 0.0642. The number of hydrogen-bond donors (Lipinski definition) is 3. The number of nitrogens with zero attached hydrogens (tertiary/aromatic N) is 1. The van der Waals surface area contributed by atoms with Crippen LogP contribution in [0.5, 0.6) is 0 Å². The predicted molar refractivity (Wildman–Crippen MR) is 122 cm³/mol. The maximum absolute atomic E-state index is 12.0. The van der Waals surface area contributed by atoms with E-state index >= 15 is 0 Å². The lowest BCUT2D eigenvalue weighted by Gasteiger charge is -2.21. The molecule has 0 aliphatic carbocycles. The van der Waals surface area contributed by atoms with Crippen LogP contribution in [0.2, 0.25) is 0 Å². The van der Waals surface area contributed by atoms with Crippen molar-refractivity contribution in [1.82, 2.24) is 16.0 Å². The zero-order valence-electron chi connectivity index (χ0n) is 18.5. The monoisotopic (exact) mass is 410 g/mol. The fourth-order valence-electron chi connectivity index (χ4n) is 2.82. The molecule has 0 bridgehead atoms. The van der Waals surface area contributed by atoms with Crippen LogP contribution in [0.3, 0.4) is 0 Å². The van der Waals surface area contributed by atoms with E-state index < -0.39 is 0 Å². The molecular weight excluding hydrogens is 376 g/mol. The van der Waals surface area contributed by atoms with Gasteiger partial charge in [-0.25, -0.2) is 4.99 Å². The second kappa shape index (κ2) is 12.0. The van der Waals surface area contributed by atoms with Gasteiger partial charge in [0.1, 0.15) is 0 Å². The first-order chi connectivity index (χ1) is 14.4. The lowest BCUT2D eigenvalue weighted by atomic mass is 10.1. The van der Waals surface area contributed by atoms with Gasteiger partial charge in [0.2, 0.25) is 5.91 Å². The molecule has 2 aromatic carbocycles. The molecule has 0 aliphatic rings. The Bertz CT molecular complexity index is 813. The van der Waals surface area contributed by atoms with Crippen molar-refractivity contribution in [3.05, 3.63) is 71.3 Å². The summed E-state index contributed by atoms with van der Waals surface area (Å²) < 4.78 is 5.82. The minimum atomic E-state index is -0.253. The zero-order valence-corrected chi connectivity index (χ0v) is 18.5. The standard InChI is InChI=1S/C24H34N4O2/c1-5-25-23(27-16-22(29)28-24(2,3)4)26-15-20-12-9-13-21(14-20)18-30-17-19-10-7-6-8-11-19/h6-14H,5,15-18H2,1-4H3,(H,28,29)(H2,25,26,27). The predicted octanol–water partition coefficient (Wildman–Crippen LogP) is 3.37. The Labute approximate surface area is 180 Å². The highest BCUT2D eigenvalue weighted by Gasteiger charge is 2.13. The molecule has 0 saturated carbocycles. The van der Waals surface area contributed by atoms with Crippen molar-refractivity contribution < 1.29 is 9.53 Å². The molecule has 0 fully saturated rings. The van der Waals surface area contributed by atoms with Crippen LogP contribution in [0.15, 0.2) is 59.6 Å². The fourth-order valence-corrected chi connectivity index (χ4v) is 2.82. The van der Waals surface area contributed by atoms with E-state index in [1.54, 1.807) is 0 Å². The van der Waals surface area contributed by atoms with Gasteiger partial charge in [-0.1, -0.05) is 54.6 Å². The number of carbonyl (C=O) groups is 1. The van der Waals surface area contributed by atoms with Crippen molar-refractivity contribution in [1.29, 1.82) is 0 Å². The highest BCUT2D eigenvalue weighted by Crippen LogP contribution is 2.10. The van der Waals surface area contributed by atoms with Crippen LogP contribution in [0.1, 0.15) is 44.4 Å². The summed E-state index contributed by atoms with van der Waals surface area (Å²) >= 11 is 0. The van der Waals surface area contributed by atoms with Gasteiger partial charge < -0.3 is 20.7 Å². The largest absolute Gasteiger partial charge is 0.372 e. The molecule has 3 N–H and O–H groups in total. The zero-order chi connectivity index (χ0) is 21.8. The highest BCUT2D eigenvalue weighted by atomic mass is 16.5. The van der Waals surface area contributed by atoms with Crippen LogP contribution >= 0.6 is 0 Å². The number of aliphatic imine (C=N–C) groups is 1.